The Morgan fingerprint density at radius 1 is 1.45 bits per heavy atom. The van der Waals surface area contributed by atoms with Crippen LogP contribution in [0.25, 0.3) is 0 Å². The molecule has 0 aromatic carbocycles. The van der Waals surface area contributed by atoms with Crippen molar-refractivity contribution in [1.82, 2.24) is 23.8 Å². The van der Waals surface area contributed by atoms with Crippen molar-refractivity contribution in [3.05, 3.63) is 36.3 Å². The maximum absolute atomic E-state index is 12.5. The Bertz CT molecular complexity index is 710. The topological polar surface area (TPSA) is 93.3 Å². The molecule has 0 spiro atoms. The second-order valence-corrected chi connectivity index (χ2v) is 6.98. The van der Waals surface area contributed by atoms with Gasteiger partial charge in [-0.3, -0.25) is 4.68 Å². The minimum atomic E-state index is -3.54. The summed E-state index contributed by atoms with van der Waals surface area (Å²) in [7, 11) is -3.54. The molecule has 1 saturated heterocycles. The van der Waals surface area contributed by atoms with E-state index in [9.17, 15) is 8.42 Å². The lowest BCUT2D eigenvalue weighted by Gasteiger charge is -2.22. The first-order chi connectivity index (χ1) is 10.6. The highest BCUT2D eigenvalue weighted by atomic mass is 32.2. The molecule has 1 atom stereocenters. The Labute approximate surface area is 129 Å². The van der Waals surface area contributed by atoms with Crippen molar-refractivity contribution in [3.63, 3.8) is 0 Å². The lowest BCUT2D eigenvalue weighted by molar-refractivity contribution is 0.330. The maximum atomic E-state index is 12.5. The normalized spacial score (nSPS) is 19.8. The molecule has 3 rings (SSSR count). The average Bonchev–Trinajstić information content (AvgIpc) is 3.18. The van der Waals surface area contributed by atoms with Gasteiger partial charge in [0.05, 0.1) is 12.6 Å². The summed E-state index contributed by atoms with van der Waals surface area (Å²) >= 11 is 0. The van der Waals surface area contributed by atoms with Gasteiger partial charge >= 0.3 is 0 Å². The first-order valence-electron chi connectivity index (χ1n) is 7.21. The zero-order valence-corrected chi connectivity index (χ0v) is 13.2. The van der Waals surface area contributed by atoms with E-state index in [2.05, 4.69) is 14.8 Å². The predicted molar refractivity (Wildman–Crippen MR) is 79.1 cm³/mol. The zero-order valence-electron chi connectivity index (χ0n) is 12.3. The molecule has 0 unspecified atom stereocenters. The van der Waals surface area contributed by atoms with Crippen LogP contribution < -0.4 is 4.72 Å². The minimum Gasteiger partial charge on any atom is -0.465 e. The lowest BCUT2D eigenvalue weighted by atomic mass is 10.2. The highest BCUT2D eigenvalue weighted by Gasteiger charge is 2.36. The number of hydrogen-bond acceptors (Lipinski definition) is 5. The fourth-order valence-corrected chi connectivity index (χ4v) is 4.09. The van der Waals surface area contributed by atoms with Gasteiger partial charge in [-0.1, -0.05) is 0 Å². The Hall–Kier alpha value is -1.71. The standard InChI is InChI=1S/C13H19N5O3S/c1-11-4-5-13(21-11)12-3-2-7-18(12)22(19,20)16-6-8-17-10-14-9-15-17/h4-5,9-10,12,16H,2-3,6-8H2,1H3/t12-/m1/s1. The van der Waals surface area contributed by atoms with Gasteiger partial charge in [-0.25, -0.2) is 9.71 Å². The molecule has 2 aromatic heterocycles. The first-order valence-corrected chi connectivity index (χ1v) is 8.65. The van der Waals surface area contributed by atoms with Crippen LogP contribution in [0.1, 0.15) is 30.4 Å². The van der Waals surface area contributed by atoms with Gasteiger partial charge in [0.2, 0.25) is 0 Å². The molecule has 8 nitrogen and oxygen atoms in total. The van der Waals surface area contributed by atoms with Gasteiger partial charge in [0.1, 0.15) is 24.2 Å². The van der Waals surface area contributed by atoms with Crippen LogP contribution >= 0.6 is 0 Å². The highest BCUT2D eigenvalue weighted by Crippen LogP contribution is 2.34. The summed E-state index contributed by atoms with van der Waals surface area (Å²) < 4.78 is 36.2. The van der Waals surface area contributed by atoms with Gasteiger partial charge < -0.3 is 4.42 Å². The zero-order chi connectivity index (χ0) is 15.6. The van der Waals surface area contributed by atoms with E-state index in [1.54, 1.807) is 11.0 Å². The molecule has 1 aliphatic heterocycles. The van der Waals surface area contributed by atoms with Crippen LogP contribution in [0.2, 0.25) is 0 Å². The molecule has 2 aromatic rings. The molecule has 1 N–H and O–H groups in total. The molecule has 1 fully saturated rings. The Morgan fingerprint density at radius 2 is 2.32 bits per heavy atom. The van der Waals surface area contributed by atoms with Gasteiger partial charge in [0.15, 0.2) is 0 Å². The Balaban J connectivity index is 1.65. The van der Waals surface area contributed by atoms with Crippen molar-refractivity contribution in [2.45, 2.75) is 32.4 Å². The molecular formula is C13H19N5O3S. The number of nitrogens with zero attached hydrogens (tertiary/aromatic N) is 4. The SMILES string of the molecule is Cc1ccc([C@H]2CCCN2S(=O)(=O)NCCn2cncn2)o1. The largest absolute Gasteiger partial charge is 0.465 e. The van der Waals surface area contributed by atoms with Gasteiger partial charge in [0.25, 0.3) is 10.2 Å². The molecule has 0 radical (unpaired) electrons. The number of furan rings is 1. The smallest absolute Gasteiger partial charge is 0.280 e. The number of rotatable bonds is 6. The number of nitrogens with one attached hydrogen (secondary N) is 1. The lowest BCUT2D eigenvalue weighted by Crippen LogP contribution is -2.41. The van der Waals surface area contributed by atoms with Crippen molar-refractivity contribution in [1.29, 1.82) is 0 Å². The summed E-state index contributed by atoms with van der Waals surface area (Å²) in [5.74, 6) is 1.50. The van der Waals surface area contributed by atoms with Crippen molar-refractivity contribution in [3.8, 4) is 0 Å². The van der Waals surface area contributed by atoms with E-state index in [0.717, 1.165) is 18.6 Å². The molecule has 0 bridgehead atoms. The molecular weight excluding hydrogens is 306 g/mol. The van der Waals surface area contributed by atoms with E-state index in [-0.39, 0.29) is 12.6 Å². The van der Waals surface area contributed by atoms with Gasteiger partial charge in [0, 0.05) is 13.1 Å². The highest BCUT2D eigenvalue weighted by molar-refractivity contribution is 7.87. The van der Waals surface area contributed by atoms with E-state index in [1.807, 2.05) is 19.1 Å². The average molecular weight is 325 g/mol. The van der Waals surface area contributed by atoms with Crippen LogP contribution in [0.3, 0.4) is 0 Å². The summed E-state index contributed by atoms with van der Waals surface area (Å²) in [6.45, 7) is 3.07. The third kappa shape index (κ3) is 3.21. The molecule has 9 heteroatoms. The number of aryl methyl sites for hydroxylation is 1. The van der Waals surface area contributed by atoms with Crippen LogP contribution in [0, 0.1) is 6.92 Å². The van der Waals surface area contributed by atoms with E-state index >= 15 is 0 Å². The maximum Gasteiger partial charge on any atom is 0.280 e. The summed E-state index contributed by atoms with van der Waals surface area (Å²) in [6.07, 6.45) is 4.58. The Morgan fingerprint density at radius 3 is 3.00 bits per heavy atom. The quantitative estimate of drug-likeness (QED) is 0.850. The molecule has 1 aliphatic rings. The van der Waals surface area contributed by atoms with Crippen molar-refractivity contribution < 1.29 is 12.8 Å². The Kier molecular flexibility index (Phi) is 4.27. The van der Waals surface area contributed by atoms with Crippen molar-refractivity contribution in [2.24, 2.45) is 0 Å². The monoisotopic (exact) mass is 325 g/mol. The van der Waals surface area contributed by atoms with Crippen LogP contribution in [-0.2, 0) is 16.8 Å². The van der Waals surface area contributed by atoms with Crippen molar-refractivity contribution in [2.75, 3.05) is 13.1 Å². The molecule has 120 valence electrons. The molecule has 0 amide bonds. The molecule has 0 aliphatic carbocycles. The minimum absolute atomic E-state index is 0.224. The van der Waals surface area contributed by atoms with Crippen LogP contribution in [0.15, 0.2) is 29.2 Å². The van der Waals surface area contributed by atoms with Gasteiger partial charge in [-0.15, -0.1) is 0 Å². The third-order valence-electron chi connectivity index (χ3n) is 3.69. The molecule has 3 heterocycles. The van der Waals surface area contributed by atoms with Gasteiger partial charge in [-0.2, -0.15) is 17.8 Å². The van der Waals surface area contributed by atoms with Crippen LogP contribution in [-0.4, -0.2) is 40.6 Å². The van der Waals surface area contributed by atoms with E-state index in [1.165, 1.54) is 10.6 Å². The second-order valence-electron chi connectivity index (χ2n) is 5.28. The summed E-state index contributed by atoms with van der Waals surface area (Å²) in [5, 5.41) is 3.94. The van der Waals surface area contributed by atoms with E-state index in [4.69, 9.17) is 4.42 Å². The third-order valence-corrected chi connectivity index (χ3v) is 5.32. The fourth-order valence-electron chi connectivity index (χ4n) is 2.66. The number of aromatic nitrogens is 3. The van der Waals surface area contributed by atoms with Crippen LogP contribution in [0.5, 0.6) is 0 Å². The molecule has 0 saturated carbocycles. The fraction of sp³-hybridized carbons (Fsp3) is 0.538. The van der Waals surface area contributed by atoms with Gasteiger partial charge in [-0.05, 0) is 31.9 Å². The second kappa shape index (κ2) is 6.19. The summed E-state index contributed by atoms with van der Waals surface area (Å²) in [4.78, 5) is 3.82. The van der Waals surface area contributed by atoms with Crippen LogP contribution in [0.4, 0.5) is 0 Å². The summed E-state index contributed by atoms with van der Waals surface area (Å²) in [5.41, 5.74) is 0. The van der Waals surface area contributed by atoms with E-state index < -0.39 is 10.2 Å². The number of hydrogen-bond donors (Lipinski definition) is 1. The van der Waals surface area contributed by atoms with Crippen molar-refractivity contribution >= 4 is 10.2 Å². The predicted octanol–water partition coefficient (Wildman–Crippen LogP) is 0.851. The summed E-state index contributed by atoms with van der Waals surface area (Å²) in [6, 6.07) is 3.48. The molecule has 22 heavy (non-hydrogen) atoms. The first kappa shape index (κ1) is 15.2. The van der Waals surface area contributed by atoms with E-state index in [0.29, 0.717) is 18.8 Å².